The minimum Gasteiger partial charge on any atom is -0.415 e. The summed E-state index contributed by atoms with van der Waals surface area (Å²) in [5, 5.41) is 0. The van der Waals surface area contributed by atoms with Gasteiger partial charge in [-0.25, -0.2) is 9.97 Å². The van der Waals surface area contributed by atoms with Crippen LogP contribution in [-0.4, -0.2) is 26.4 Å². The Morgan fingerprint density at radius 2 is 1.96 bits per heavy atom. The number of imidazole rings is 2. The molecule has 0 amide bonds. The lowest BCUT2D eigenvalue weighted by molar-refractivity contribution is 0.182. The van der Waals surface area contributed by atoms with Crippen molar-refractivity contribution in [3.63, 3.8) is 0 Å². The summed E-state index contributed by atoms with van der Waals surface area (Å²) in [5.74, 6) is 0.808. The van der Waals surface area contributed by atoms with Gasteiger partial charge < -0.3 is 9.40 Å². The number of hydrogen-bond donors (Lipinski definition) is 0. The van der Waals surface area contributed by atoms with Crippen molar-refractivity contribution in [2.75, 3.05) is 7.11 Å². The molecule has 0 atom stereocenters. The summed E-state index contributed by atoms with van der Waals surface area (Å²) in [4.78, 5) is 14.4. The molecule has 114 valence electrons. The van der Waals surface area contributed by atoms with Crippen LogP contribution < -0.4 is 4.84 Å². The van der Waals surface area contributed by atoms with Crippen LogP contribution in [0.3, 0.4) is 0 Å². The molecular formula is C18H16N4O. The van der Waals surface area contributed by atoms with Crippen molar-refractivity contribution in [3.8, 4) is 11.4 Å². The van der Waals surface area contributed by atoms with Gasteiger partial charge in [0, 0.05) is 24.5 Å². The Morgan fingerprint density at radius 1 is 1.09 bits per heavy atom. The molecule has 0 fully saturated rings. The monoisotopic (exact) mass is 304 g/mol. The Hall–Kier alpha value is -3.08. The highest BCUT2D eigenvalue weighted by atomic mass is 16.6. The maximum atomic E-state index is 5.54. The summed E-state index contributed by atoms with van der Waals surface area (Å²) in [6.07, 6.45) is 5.55. The zero-order valence-corrected chi connectivity index (χ0v) is 12.8. The molecule has 2 heterocycles. The van der Waals surface area contributed by atoms with Gasteiger partial charge in [0.05, 0.1) is 11.8 Å². The van der Waals surface area contributed by atoms with Crippen LogP contribution in [0.1, 0.15) is 5.56 Å². The third kappa shape index (κ3) is 2.46. The summed E-state index contributed by atoms with van der Waals surface area (Å²) in [5.41, 5.74) is 4.08. The Bertz CT molecular complexity index is 926. The first-order valence-corrected chi connectivity index (χ1v) is 7.42. The molecule has 23 heavy (non-hydrogen) atoms. The van der Waals surface area contributed by atoms with Crippen molar-refractivity contribution >= 4 is 11.0 Å². The minimum atomic E-state index is 0.774. The molecule has 5 heteroatoms. The van der Waals surface area contributed by atoms with E-state index < -0.39 is 0 Å². The SMILES string of the molecule is COn1c(-c2ccccc2)nc2cc(Cn3ccnc3)ccc21. The minimum absolute atomic E-state index is 0.774. The van der Waals surface area contributed by atoms with E-state index in [1.807, 2.05) is 53.5 Å². The van der Waals surface area contributed by atoms with Crippen LogP contribution in [-0.2, 0) is 6.54 Å². The van der Waals surface area contributed by atoms with Gasteiger partial charge >= 0.3 is 0 Å². The van der Waals surface area contributed by atoms with Crippen molar-refractivity contribution in [1.82, 2.24) is 19.3 Å². The van der Waals surface area contributed by atoms with E-state index in [0.29, 0.717) is 0 Å². The summed E-state index contributed by atoms with van der Waals surface area (Å²) in [7, 11) is 1.66. The molecular weight excluding hydrogens is 288 g/mol. The van der Waals surface area contributed by atoms with E-state index in [9.17, 15) is 0 Å². The van der Waals surface area contributed by atoms with Gasteiger partial charge in [-0.05, 0) is 17.7 Å². The number of rotatable bonds is 4. The maximum Gasteiger partial charge on any atom is 0.176 e. The molecule has 0 aliphatic heterocycles. The van der Waals surface area contributed by atoms with Crippen LogP contribution in [0, 0.1) is 0 Å². The first-order chi connectivity index (χ1) is 11.3. The van der Waals surface area contributed by atoms with Gasteiger partial charge in [0.15, 0.2) is 5.82 Å². The highest BCUT2D eigenvalue weighted by Crippen LogP contribution is 2.24. The van der Waals surface area contributed by atoms with E-state index in [-0.39, 0.29) is 0 Å². The molecule has 4 aromatic rings. The Labute approximate surface area is 133 Å². The van der Waals surface area contributed by atoms with E-state index in [1.165, 1.54) is 5.56 Å². The number of nitrogens with zero attached hydrogens (tertiary/aromatic N) is 4. The van der Waals surface area contributed by atoms with Crippen molar-refractivity contribution in [3.05, 3.63) is 72.8 Å². The van der Waals surface area contributed by atoms with Crippen LogP contribution in [0.2, 0.25) is 0 Å². The van der Waals surface area contributed by atoms with Crippen LogP contribution in [0.5, 0.6) is 0 Å². The maximum absolute atomic E-state index is 5.54. The van der Waals surface area contributed by atoms with Gasteiger partial charge in [0.2, 0.25) is 0 Å². The van der Waals surface area contributed by atoms with Gasteiger partial charge in [-0.3, -0.25) is 0 Å². The lowest BCUT2D eigenvalue weighted by Crippen LogP contribution is -2.07. The van der Waals surface area contributed by atoms with E-state index >= 15 is 0 Å². The predicted octanol–water partition coefficient (Wildman–Crippen LogP) is 3.01. The third-order valence-electron chi connectivity index (χ3n) is 3.82. The second kappa shape index (κ2) is 5.61. The fourth-order valence-corrected chi connectivity index (χ4v) is 2.75. The van der Waals surface area contributed by atoms with Crippen LogP contribution in [0.15, 0.2) is 67.3 Å². The van der Waals surface area contributed by atoms with Crippen molar-refractivity contribution in [2.45, 2.75) is 6.54 Å². The largest absolute Gasteiger partial charge is 0.415 e. The van der Waals surface area contributed by atoms with E-state index in [0.717, 1.165) is 29.0 Å². The quantitative estimate of drug-likeness (QED) is 0.582. The van der Waals surface area contributed by atoms with Crippen LogP contribution >= 0.6 is 0 Å². The second-order valence-electron chi connectivity index (χ2n) is 5.34. The Balaban J connectivity index is 1.80. The zero-order chi connectivity index (χ0) is 15.6. The first-order valence-electron chi connectivity index (χ1n) is 7.42. The first kappa shape index (κ1) is 13.6. The normalized spacial score (nSPS) is 11.0. The molecule has 0 spiro atoms. The fraction of sp³-hybridized carbons (Fsp3) is 0.111. The molecule has 0 aliphatic carbocycles. The number of hydrogen-bond acceptors (Lipinski definition) is 3. The summed E-state index contributed by atoms with van der Waals surface area (Å²) in [6, 6.07) is 16.3. The molecule has 0 unspecified atom stereocenters. The van der Waals surface area contributed by atoms with Crippen molar-refractivity contribution in [2.24, 2.45) is 0 Å². The molecule has 2 aromatic heterocycles. The number of aromatic nitrogens is 4. The molecule has 5 nitrogen and oxygen atoms in total. The van der Waals surface area contributed by atoms with E-state index in [2.05, 4.69) is 17.1 Å². The van der Waals surface area contributed by atoms with Crippen LogP contribution in [0.25, 0.3) is 22.4 Å². The van der Waals surface area contributed by atoms with Gasteiger partial charge in [-0.15, -0.1) is 0 Å². The molecule has 4 rings (SSSR count). The van der Waals surface area contributed by atoms with E-state index in [1.54, 1.807) is 18.0 Å². The molecule has 0 N–H and O–H groups in total. The molecule has 0 radical (unpaired) electrons. The van der Waals surface area contributed by atoms with E-state index in [4.69, 9.17) is 9.82 Å². The van der Waals surface area contributed by atoms with Crippen molar-refractivity contribution < 1.29 is 4.84 Å². The standard InChI is InChI=1S/C18H16N4O/c1-23-22-17-8-7-14(12-21-10-9-19-13-21)11-16(17)20-18(22)15-5-3-2-4-6-15/h2-11,13H,12H2,1H3. The summed E-state index contributed by atoms with van der Waals surface area (Å²) >= 11 is 0. The van der Waals surface area contributed by atoms with Gasteiger partial charge in [0.25, 0.3) is 0 Å². The Morgan fingerprint density at radius 3 is 2.70 bits per heavy atom. The van der Waals surface area contributed by atoms with Crippen molar-refractivity contribution in [1.29, 1.82) is 0 Å². The Kier molecular flexibility index (Phi) is 3.31. The smallest absolute Gasteiger partial charge is 0.176 e. The zero-order valence-electron chi connectivity index (χ0n) is 12.8. The third-order valence-corrected chi connectivity index (χ3v) is 3.82. The molecule has 2 aromatic carbocycles. The molecule has 0 saturated heterocycles. The molecule has 0 aliphatic rings. The summed E-state index contributed by atoms with van der Waals surface area (Å²) in [6.45, 7) is 0.774. The molecule has 0 saturated carbocycles. The fourth-order valence-electron chi connectivity index (χ4n) is 2.75. The summed E-state index contributed by atoms with van der Waals surface area (Å²) < 4.78 is 3.80. The highest BCUT2D eigenvalue weighted by Gasteiger charge is 2.13. The van der Waals surface area contributed by atoms with Gasteiger partial charge in [-0.2, -0.15) is 4.73 Å². The van der Waals surface area contributed by atoms with Gasteiger partial charge in [0.1, 0.15) is 12.6 Å². The molecule has 0 bridgehead atoms. The number of benzene rings is 2. The average molecular weight is 304 g/mol. The lowest BCUT2D eigenvalue weighted by atomic mass is 10.2. The lowest BCUT2D eigenvalue weighted by Gasteiger charge is -2.07. The average Bonchev–Trinajstić information content (AvgIpc) is 3.22. The second-order valence-corrected chi connectivity index (χ2v) is 5.34. The van der Waals surface area contributed by atoms with Gasteiger partial charge in [-0.1, -0.05) is 36.4 Å². The predicted molar refractivity (Wildman–Crippen MR) is 89.0 cm³/mol. The topological polar surface area (TPSA) is 44.9 Å². The van der Waals surface area contributed by atoms with Crippen LogP contribution in [0.4, 0.5) is 0 Å². The highest BCUT2D eigenvalue weighted by molar-refractivity contribution is 5.80. The number of fused-ring (bicyclic) bond motifs is 1.